The third-order valence-corrected chi connectivity index (χ3v) is 3.75. The topological polar surface area (TPSA) is 57.3 Å². The number of aromatic nitrogens is 1. The first-order valence-electron chi connectivity index (χ1n) is 7.39. The number of hydrogen-bond donors (Lipinski definition) is 2. The standard InChI is InChI=1S/C15H24N4O/c1-3-8-16-12-6-7-14(17-10-12)15(20)18-11-13-5-4-9-19(13)2/h6-7,10,13,16H,3-5,8-9,11H2,1-2H3,(H,18,20). The van der Waals surface area contributed by atoms with Gasteiger partial charge < -0.3 is 15.5 Å². The Hall–Kier alpha value is -1.62. The van der Waals surface area contributed by atoms with Gasteiger partial charge in [-0.05, 0) is 45.0 Å². The van der Waals surface area contributed by atoms with E-state index in [4.69, 9.17) is 0 Å². The van der Waals surface area contributed by atoms with Crippen LogP contribution in [-0.2, 0) is 0 Å². The molecule has 0 saturated carbocycles. The minimum Gasteiger partial charge on any atom is -0.384 e. The average molecular weight is 276 g/mol. The molecular formula is C15H24N4O. The van der Waals surface area contributed by atoms with Crippen LogP contribution in [0.25, 0.3) is 0 Å². The molecule has 1 saturated heterocycles. The molecule has 2 N–H and O–H groups in total. The van der Waals surface area contributed by atoms with E-state index in [9.17, 15) is 4.79 Å². The molecule has 1 aliphatic heterocycles. The molecule has 2 rings (SSSR count). The number of amides is 1. The maximum absolute atomic E-state index is 12.0. The largest absolute Gasteiger partial charge is 0.384 e. The summed E-state index contributed by atoms with van der Waals surface area (Å²) in [6.45, 7) is 4.85. The number of pyridine rings is 1. The number of nitrogens with one attached hydrogen (secondary N) is 2. The van der Waals surface area contributed by atoms with Gasteiger partial charge in [0.25, 0.3) is 5.91 Å². The normalized spacial score (nSPS) is 19.0. The van der Waals surface area contributed by atoms with Crippen molar-refractivity contribution in [1.82, 2.24) is 15.2 Å². The lowest BCUT2D eigenvalue weighted by Gasteiger charge is -2.19. The first kappa shape index (κ1) is 14.8. The molecule has 110 valence electrons. The molecule has 0 radical (unpaired) electrons. The third-order valence-electron chi connectivity index (χ3n) is 3.75. The Kier molecular flexibility index (Phi) is 5.35. The van der Waals surface area contributed by atoms with E-state index in [2.05, 4.69) is 34.5 Å². The lowest BCUT2D eigenvalue weighted by atomic mass is 10.2. The minimum absolute atomic E-state index is 0.0904. The van der Waals surface area contributed by atoms with Gasteiger partial charge in [0, 0.05) is 19.1 Å². The van der Waals surface area contributed by atoms with Crippen LogP contribution in [0.2, 0.25) is 0 Å². The van der Waals surface area contributed by atoms with Crippen molar-refractivity contribution in [3.63, 3.8) is 0 Å². The number of carbonyl (C=O) groups excluding carboxylic acids is 1. The molecule has 1 unspecified atom stereocenters. The molecule has 1 aromatic heterocycles. The van der Waals surface area contributed by atoms with Crippen LogP contribution in [0.15, 0.2) is 18.3 Å². The van der Waals surface area contributed by atoms with Gasteiger partial charge in [0.1, 0.15) is 5.69 Å². The van der Waals surface area contributed by atoms with Crippen LogP contribution < -0.4 is 10.6 Å². The van der Waals surface area contributed by atoms with Crippen LogP contribution >= 0.6 is 0 Å². The zero-order valence-electron chi connectivity index (χ0n) is 12.4. The van der Waals surface area contributed by atoms with Crippen molar-refractivity contribution in [2.45, 2.75) is 32.2 Å². The second kappa shape index (κ2) is 7.24. The predicted molar refractivity (Wildman–Crippen MR) is 81.0 cm³/mol. The number of likely N-dealkylation sites (N-methyl/N-ethyl adjacent to an activating group) is 1. The molecule has 1 amide bonds. The van der Waals surface area contributed by atoms with E-state index < -0.39 is 0 Å². The quantitative estimate of drug-likeness (QED) is 0.831. The molecule has 20 heavy (non-hydrogen) atoms. The molecule has 5 nitrogen and oxygen atoms in total. The van der Waals surface area contributed by atoms with E-state index in [1.54, 1.807) is 12.3 Å². The monoisotopic (exact) mass is 276 g/mol. The maximum atomic E-state index is 12.0. The maximum Gasteiger partial charge on any atom is 0.269 e. The summed E-state index contributed by atoms with van der Waals surface area (Å²) in [4.78, 5) is 18.5. The molecular weight excluding hydrogens is 252 g/mol. The Morgan fingerprint density at radius 1 is 1.50 bits per heavy atom. The van der Waals surface area contributed by atoms with Crippen LogP contribution in [0, 0.1) is 0 Å². The summed E-state index contributed by atoms with van der Waals surface area (Å²) in [6.07, 6.45) is 5.15. The van der Waals surface area contributed by atoms with E-state index in [0.717, 1.165) is 31.6 Å². The van der Waals surface area contributed by atoms with Gasteiger partial charge in [-0.15, -0.1) is 0 Å². The van der Waals surface area contributed by atoms with Crippen molar-refractivity contribution in [2.75, 3.05) is 32.0 Å². The van der Waals surface area contributed by atoms with Crippen molar-refractivity contribution >= 4 is 11.6 Å². The number of carbonyl (C=O) groups is 1. The van der Waals surface area contributed by atoms with Crippen LogP contribution in [0.4, 0.5) is 5.69 Å². The Labute approximate surface area is 120 Å². The molecule has 0 spiro atoms. The highest BCUT2D eigenvalue weighted by molar-refractivity contribution is 5.92. The predicted octanol–water partition coefficient (Wildman–Crippen LogP) is 1.73. The van der Waals surface area contributed by atoms with Gasteiger partial charge in [0.2, 0.25) is 0 Å². The smallest absolute Gasteiger partial charge is 0.269 e. The number of rotatable bonds is 6. The molecule has 1 aromatic rings. The highest BCUT2D eigenvalue weighted by atomic mass is 16.1. The minimum atomic E-state index is -0.0904. The molecule has 1 fully saturated rings. The van der Waals surface area contributed by atoms with Crippen molar-refractivity contribution in [1.29, 1.82) is 0 Å². The highest BCUT2D eigenvalue weighted by Crippen LogP contribution is 2.13. The lowest BCUT2D eigenvalue weighted by Crippen LogP contribution is -2.38. The molecule has 2 heterocycles. The Balaban J connectivity index is 1.82. The lowest BCUT2D eigenvalue weighted by molar-refractivity contribution is 0.0938. The average Bonchev–Trinajstić information content (AvgIpc) is 2.88. The van der Waals surface area contributed by atoms with Crippen LogP contribution in [0.5, 0.6) is 0 Å². The van der Waals surface area contributed by atoms with Crippen molar-refractivity contribution in [3.8, 4) is 0 Å². The van der Waals surface area contributed by atoms with Crippen LogP contribution in [0.1, 0.15) is 36.7 Å². The van der Waals surface area contributed by atoms with Gasteiger partial charge in [-0.1, -0.05) is 6.92 Å². The summed E-state index contributed by atoms with van der Waals surface area (Å²) in [5.74, 6) is -0.0904. The van der Waals surface area contributed by atoms with E-state index in [1.165, 1.54) is 6.42 Å². The zero-order valence-corrected chi connectivity index (χ0v) is 12.4. The molecule has 0 bridgehead atoms. The first-order valence-corrected chi connectivity index (χ1v) is 7.39. The SMILES string of the molecule is CCCNc1ccc(C(=O)NCC2CCCN2C)nc1. The fourth-order valence-corrected chi connectivity index (χ4v) is 2.44. The number of hydrogen-bond acceptors (Lipinski definition) is 4. The van der Waals surface area contributed by atoms with Crippen molar-refractivity contribution < 1.29 is 4.79 Å². The molecule has 1 aliphatic rings. The summed E-state index contributed by atoms with van der Waals surface area (Å²) in [6, 6.07) is 4.13. The third kappa shape index (κ3) is 3.93. The fourth-order valence-electron chi connectivity index (χ4n) is 2.44. The molecule has 0 aromatic carbocycles. The Morgan fingerprint density at radius 3 is 2.95 bits per heavy atom. The van der Waals surface area contributed by atoms with E-state index in [0.29, 0.717) is 18.3 Å². The van der Waals surface area contributed by atoms with Gasteiger partial charge in [0.05, 0.1) is 11.9 Å². The summed E-state index contributed by atoms with van der Waals surface area (Å²) >= 11 is 0. The Bertz CT molecular complexity index is 432. The van der Waals surface area contributed by atoms with Crippen LogP contribution in [0.3, 0.4) is 0 Å². The van der Waals surface area contributed by atoms with Gasteiger partial charge in [-0.25, -0.2) is 4.98 Å². The van der Waals surface area contributed by atoms with E-state index in [-0.39, 0.29) is 5.91 Å². The summed E-state index contributed by atoms with van der Waals surface area (Å²) in [5, 5.41) is 6.21. The van der Waals surface area contributed by atoms with E-state index >= 15 is 0 Å². The summed E-state index contributed by atoms with van der Waals surface area (Å²) in [5.41, 5.74) is 1.44. The molecule has 5 heteroatoms. The first-order chi connectivity index (χ1) is 9.70. The number of likely N-dealkylation sites (tertiary alicyclic amines) is 1. The number of anilines is 1. The van der Waals surface area contributed by atoms with Crippen LogP contribution in [-0.4, -0.2) is 48.5 Å². The molecule has 0 aliphatic carbocycles. The van der Waals surface area contributed by atoms with Crippen molar-refractivity contribution in [3.05, 3.63) is 24.0 Å². The van der Waals surface area contributed by atoms with Crippen molar-refractivity contribution in [2.24, 2.45) is 0 Å². The summed E-state index contributed by atoms with van der Waals surface area (Å²) < 4.78 is 0. The second-order valence-electron chi connectivity index (χ2n) is 5.35. The van der Waals surface area contributed by atoms with Gasteiger partial charge in [0.15, 0.2) is 0 Å². The van der Waals surface area contributed by atoms with Gasteiger partial charge in [-0.2, -0.15) is 0 Å². The fraction of sp³-hybridized carbons (Fsp3) is 0.600. The highest BCUT2D eigenvalue weighted by Gasteiger charge is 2.21. The number of nitrogens with zero attached hydrogens (tertiary/aromatic N) is 2. The van der Waals surface area contributed by atoms with Gasteiger partial charge >= 0.3 is 0 Å². The van der Waals surface area contributed by atoms with E-state index in [1.807, 2.05) is 6.07 Å². The molecule has 1 atom stereocenters. The Morgan fingerprint density at radius 2 is 2.35 bits per heavy atom. The van der Waals surface area contributed by atoms with Gasteiger partial charge in [-0.3, -0.25) is 4.79 Å². The summed E-state index contributed by atoms with van der Waals surface area (Å²) in [7, 11) is 2.11. The zero-order chi connectivity index (χ0) is 14.4. The second-order valence-corrected chi connectivity index (χ2v) is 5.35.